The van der Waals surface area contributed by atoms with Gasteiger partial charge in [-0.3, -0.25) is 4.90 Å². The third-order valence-electron chi connectivity index (χ3n) is 3.63. The zero-order valence-electron chi connectivity index (χ0n) is 10.9. The van der Waals surface area contributed by atoms with Gasteiger partial charge in [0.1, 0.15) is 0 Å². The van der Waals surface area contributed by atoms with E-state index in [0.717, 1.165) is 37.6 Å². The number of rotatable bonds is 4. The predicted octanol–water partition coefficient (Wildman–Crippen LogP) is 0.998. The van der Waals surface area contributed by atoms with E-state index in [0.29, 0.717) is 19.4 Å². The summed E-state index contributed by atoms with van der Waals surface area (Å²) in [6, 6.07) is 6.36. The first-order chi connectivity index (χ1) is 9.36. The minimum Gasteiger partial charge on any atom is -0.454 e. The van der Waals surface area contributed by atoms with E-state index < -0.39 is 0 Å². The molecule has 104 valence electrons. The molecule has 0 spiro atoms. The summed E-state index contributed by atoms with van der Waals surface area (Å²) in [6.07, 6.45) is 0.755. The van der Waals surface area contributed by atoms with Crippen molar-refractivity contribution in [1.29, 1.82) is 0 Å². The lowest BCUT2D eigenvalue weighted by molar-refractivity contribution is -0.0195. The van der Waals surface area contributed by atoms with Crippen LogP contribution in [0.25, 0.3) is 0 Å². The molecule has 5 nitrogen and oxygen atoms in total. The summed E-state index contributed by atoms with van der Waals surface area (Å²) >= 11 is 0. The lowest BCUT2D eigenvalue weighted by Crippen LogP contribution is -2.45. The van der Waals surface area contributed by atoms with E-state index in [-0.39, 0.29) is 6.61 Å². The normalized spacial score (nSPS) is 22.7. The number of ether oxygens (including phenoxy) is 3. The van der Waals surface area contributed by atoms with Crippen molar-refractivity contribution in [3.8, 4) is 11.5 Å². The third-order valence-corrected chi connectivity index (χ3v) is 3.63. The van der Waals surface area contributed by atoms with Gasteiger partial charge in [-0.15, -0.1) is 0 Å². The van der Waals surface area contributed by atoms with Crippen molar-refractivity contribution in [3.63, 3.8) is 0 Å². The zero-order valence-corrected chi connectivity index (χ0v) is 10.9. The quantitative estimate of drug-likeness (QED) is 0.880. The summed E-state index contributed by atoms with van der Waals surface area (Å²) in [6.45, 7) is 3.72. The molecule has 0 radical (unpaired) electrons. The maximum absolute atomic E-state index is 9.11. The molecule has 1 fully saturated rings. The molecule has 0 aliphatic carbocycles. The van der Waals surface area contributed by atoms with Crippen LogP contribution in [0.3, 0.4) is 0 Å². The summed E-state index contributed by atoms with van der Waals surface area (Å²) in [5.41, 5.74) is 1.20. The average molecular weight is 265 g/mol. The first-order valence-corrected chi connectivity index (χ1v) is 6.68. The minimum atomic E-state index is 0.200. The fourth-order valence-corrected chi connectivity index (χ4v) is 2.59. The van der Waals surface area contributed by atoms with Gasteiger partial charge in [0.2, 0.25) is 6.79 Å². The average Bonchev–Trinajstić information content (AvgIpc) is 2.89. The summed E-state index contributed by atoms with van der Waals surface area (Å²) in [5, 5.41) is 9.11. The van der Waals surface area contributed by atoms with E-state index in [9.17, 15) is 0 Å². The van der Waals surface area contributed by atoms with Gasteiger partial charge in [0.25, 0.3) is 0 Å². The Morgan fingerprint density at radius 1 is 1.26 bits per heavy atom. The van der Waals surface area contributed by atoms with Crippen molar-refractivity contribution in [2.75, 3.05) is 33.2 Å². The molecule has 2 heterocycles. The summed E-state index contributed by atoms with van der Waals surface area (Å²) < 4.78 is 16.2. The van der Waals surface area contributed by atoms with Gasteiger partial charge in [0, 0.05) is 25.7 Å². The SMILES string of the molecule is OCCC1COCCN1Cc1ccc2c(c1)OCO2. The lowest BCUT2D eigenvalue weighted by atomic mass is 10.1. The molecule has 1 unspecified atom stereocenters. The Morgan fingerprint density at radius 2 is 2.16 bits per heavy atom. The smallest absolute Gasteiger partial charge is 0.231 e. The number of aliphatic hydroxyl groups excluding tert-OH is 1. The molecule has 2 aliphatic rings. The van der Waals surface area contributed by atoms with Crippen LogP contribution in [0.1, 0.15) is 12.0 Å². The van der Waals surface area contributed by atoms with Crippen LogP contribution in [0.5, 0.6) is 11.5 Å². The van der Waals surface area contributed by atoms with Crippen LogP contribution in [-0.2, 0) is 11.3 Å². The molecule has 2 aliphatic heterocycles. The van der Waals surface area contributed by atoms with Crippen LogP contribution in [-0.4, -0.2) is 49.2 Å². The van der Waals surface area contributed by atoms with Crippen molar-refractivity contribution >= 4 is 0 Å². The van der Waals surface area contributed by atoms with Gasteiger partial charge in [-0.05, 0) is 24.1 Å². The van der Waals surface area contributed by atoms with Gasteiger partial charge in [0.05, 0.1) is 13.2 Å². The van der Waals surface area contributed by atoms with Crippen molar-refractivity contribution in [2.24, 2.45) is 0 Å². The summed E-state index contributed by atoms with van der Waals surface area (Å²) in [7, 11) is 0. The molecule has 1 atom stereocenters. The van der Waals surface area contributed by atoms with E-state index in [1.165, 1.54) is 5.56 Å². The van der Waals surface area contributed by atoms with E-state index in [2.05, 4.69) is 11.0 Å². The largest absolute Gasteiger partial charge is 0.454 e. The predicted molar refractivity (Wildman–Crippen MR) is 69.3 cm³/mol. The van der Waals surface area contributed by atoms with Gasteiger partial charge in [-0.25, -0.2) is 0 Å². The Labute approximate surface area is 112 Å². The van der Waals surface area contributed by atoms with Gasteiger partial charge in [0.15, 0.2) is 11.5 Å². The topological polar surface area (TPSA) is 51.2 Å². The fourth-order valence-electron chi connectivity index (χ4n) is 2.59. The first-order valence-electron chi connectivity index (χ1n) is 6.68. The van der Waals surface area contributed by atoms with Crippen molar-refractivity contribution < 1.29 is 19.3 Å². The van der Waals surface area contributed by atoms with Gasteiger partial charge >= 0.3 is 0 Å². The first kappa shape index (κ1) is 12.7. The van der Waals surface area contributed by atoms with Gasteiger partial charge < -0.3 is 19.3 Å². The van der Waals surface area contributed by atoms with Gasteiger partial charge in [-0.1, -0.05) is 6.07 Å². The standard InChI is InChI=1S/C14H19NO4/c16-5-3-12-9-17-6-4-15(12)8-11-1-2-13-14(7-11)19-10-18-13/h1-2,7,12,16H,3-6,8-10H2. The second-order valence-electron chi connectivity index (χ2n) is 4.90. The molecule has 5 heteroatoms. The molecule has 19 heavy (non-hydrogen) atoms. The highest BCUT2D eigenvalue weighted by Crippen LogP contribution is 2.33. The van der Waals surface area contributed by atoms with Crippen molar-refractivity contribution in [2.45, 2.75) is 19.0 Å². The van der Waals surface area contributed by atoms with E-state index in [1.807, 2.05) is 12.1 Å². The van der Waals surface area contributed by atoms with Crippen LogP contribution in [0.4, 0.5) is 0 Å². The molecule has 0 bridgehead atoms. The van der Waals surface area contributed by atoms with Crippen LogP contribution in [0.15, 0.2) is 18.2 Å². The van der Waals surface area contributed by atoms with E-state index in [4.69, 9.17) is 19.3 Å². The lowest BCUT2D eigenvalue weighted by Gasteiger charge is -2.35. The Morgan fingerprint density at radius 3 is 3.05 bits per heavy atom. The Balaban J connectivity index is 1.69. The number of hydrogen-bond donors (Lipinski definition) is 1. The number of aliphatic hydroxyl groups is 1. The van der Waals surface area contributed by atoms with Crippen LogP contribution >= 0.6 is 0 Å². The van der Waals surface area contributed by atoms with E-state index in [1.54, 1.807) is 0 Å². The molecule has 0 aromatic heterocycles. The molecule has 3 rings (SSSR count). The molecular formula is C14H19NO4. The van der Waals surface area contributed by atoms with Crippen molar-refractivity contribution in [1.82, 2.24) is 4.90 Å². The number of fused-ring (bicyclic) bond motifs is 1. The van der Waals surface area contributed by atoms with Crippen LogP contribution < -0.4 is 9.47 Å². The summed E-state index contributed by atoms with van der Waals surface area (Å²) in [4.78, 5) is 2.36. The molecule has 1 aromatic rings. The second-order valence-corrected chi connectivity index (χ2v) is 4.90. The van der Waals surface area contributed by atoms with Gasteiger partial charge in [-0.2, -0.15) is 0 Å². The van der Waals surface area contributed by atoms with Crippen LogP contribution in [0.2, 0.25) is 0 Å². The highest BCUT2D eigenvalue weighted by Gasteiger charge is 2.23. The third kappa shape index (κ3) is 2.83. The molecule has 0 saturated carbocycles. The minimum absolute atomic E-state index is 0.200. The second kappa shape index (κ2) is 5.77. The number of nitrogens with zero attached hydrogens (tertiary/aromatic N) is 1. The molecule has 1 saturated heterocycles. The Kier molecular flexibility index (Phi) is 3.87. The number of morpholine rings is 1. The van der Waals surface area contributed by atoms with Crippen LogP contribution in [0, 0.1) is 0 Å². The number of hydrogen-bond acceptors (Lipinski definition) is 5. The Hall–Kier alpha value is -1.30. The summed E-state index contributed by atoms with van der Waals surface area (Å²) in [5.74, 6) is 1.64. The molecule has 1 aromatic carbocycles. The molecular weight excluding hydrogens is 246 g/mol. The highest BCUT2D eigenvalue weighted by molar-refractivity contribution is 5.44. The zero-order chi connectivity index (χ0) is 13.1. The Bertz CT molecular complexity index is 435. The molecule has 0 amide bonds. The molecule has 1 N–H and O–H groups in total. The highest BCUT2D eigenvalue weighted by atomic mass is 16.7. The van der Waals surface area contributed by atoms with Crippen molar-refractivity contribution in [3.05, 3.63) is 23.8 Å². The maximum atomic E-state index is 9.11. The number of benzene rings is 1. The monoisotopic (exact) mass is 265 g/mol. The van der Waals surface area contributed by atoms with E-state index >= 15 is 0 Å². The maximum Gasteiger partial charge on any atom is 0.231 e. The fraction of sp³-hybridized carbons (Fsp3) is 0.571.